The molecule has 0 amide bonds. The lowest BCUT2D eigenvalue weighted by Crippen LogP contribution is -2.44. The molecule has 2 aromatic heterocycles. The molecule has 0 radical (unpaired) electrons. The van der Waals surface area contributed by atoms with Gasteiger partial charge < -0.3 is 18.6 Å². The lowest BCUT2D eigenvalue weighted by molar-refractivity contribution is 0.398. The molecule has 0 fully saturated rings. The highest BCUT2D eigenvalue weighted by Gasteiger charge is 2.44. The smallest absolute Gasteiger partial charge is 0.344 e. The monoisotopic (exact) mass is 936 g/mol. The van der Waals surface area contributed by atoms with Gasteiger partial charge in [0, 0.05) is 64.9 Å². The van der Waals surface area contributed by atoms with Crippen molar-refractivity contribution >= 4 is 33.3 Å². The Kier molecular flexibility index (Phi) is 9.18. The van der Waals surface area contributed by atoms with Crippen LogP contribution in [0.3, 0.4) is 0 Å². The Labute approximate surface area is 417 Å². The van der Waals surface area contributed by atoms with Crippen molar-refractivity contribution in [2.75, 3.05) is 36.0 Å². The van der Waals surface area contributed by atoms with Crippen LogP contribution in [0.25, 0.3) is 77.6 Å². The molecule has 6 heterocycles. The first kappa shape index (κ1) is 44.3. The summed E-state index contributed by atoms with van der Waals surface area (Å²) in [7, 11) is 0. The van der Waals surface area contributed by atoms with E-state index in [-0.39, 0.29) is 38.3 Å². The third-order valence-corrected chi connectivity index (χ3v) is 18.2. The van der Waals surface area contributed by atoms with Gasteiger partial charge in [-0.05, 0) is 151 Å². The lowest BCUT2D eigenvalue weighted by Gasteiger charge is -2.48. The molecule has 358 valence electrons. The Morgan fingerprint density at radius 3 is 1.08 bits per heavy atom. The predicted octanol–water partition coefficient (Wildman–Crippen LogP) is 15.2. The van der Waals surface area contributed by atoms with Gasteiger partial charge in [-0.25, -0.2) is 9.59 Å². The van der Waals surface area contributed by atoms with E-state index in [9.17, 15) is 9.59 Å². The van der Waals surface area contributed by atoms with E-state index in [1.807, 2.05) is 0 Å². The van der Waals surface area contributed by atoms with Crippen molar-refractivity contribution in [3.8, 4) is 55.6 Å². The Morgan fingerprint density at radius 1 is 0.366 bits per heavy atom. The van der Waals surface area contributed by atoms with E-state index in [2.05, 4.69) is 188 Å². The molecule has 6 aromatic carbocycles. The zero-order valence-corrected chi connectivity index (χ0v) is 43.1. The molecule has 0 unspecified atom stereocenters. The highest BCUT2D eigenvalue weighted by atomic mass is 16.4. The maximum absolute atomic E-state index is 13.9. The van der Waals surface area contributed by atoms with Crippen molar-refractivity contribution in [1.82, 2.24) is 0 Å². The number of nitrogens with zero attached hydrogens (tertiary/aromatic N) is 2. The van der Waals surface area contributed by atoms with Crippen LogP contribution in [0.4, 0.5) is 11.4 Å². The predicted molar refractivity (Wildman–Crippen MR) is 293 cm³/mol. The highest BCUT2D eigenvalue weighted by Crippen LogP contribution is 2.55. The summed E-state index contributed by atoms with van der Waals surface area (Å²) >= 11 is 0. The van der Waals surface area contributed by atoms with Crippen molar-refractivity contribution < 1.29 is 8.83 Å². The second-order valence-electron chi connectivity index (χ2n) is 24.8. The van der Waals surface area contributed by atoms with Crippen molar-refractivity contribution in [1.29, 1.82) is 0 Å². The molecule has 0 atom stereocenters. The van der Waals surface area contributed by atoms with E-state index in [4.69, 9.17) is 8.83 Å². The van der Waals surface area contributed by atoms with Gasteiger partial charge in [0.2, 0.25) is 0 Å². The molecule has 0 saturated carbocycles. The minimum absolute atomic E-state index is 0.0355. The van der Waals surface area contributed by atoms with Crippen LogP contribution in [0, 0.1) is 0 Å². The maximum Gasteiger partial charge on any atom is 0.344 e. The summed E-state index contributed by atoms with van der Waals surface area (Å²) in [5, 5.41) is 2.00. The summed E-state index contributed by atoms with van der Waals surface area (Å²) in [4.78, 5) is 32.9. The fourth-order valence-electron chi connectivity index (χ4n) is 13.5. The number of rotatable bonds is 4. The molecule has 8 aromatic rings. The van der Waals surface area contributed by atoms with E-state index in [0.717, 1.165) is 107 Å². The van der Waals surface area contributed by atoms with E-state index in [1.54, 1.807) is 0 Å². The largest absolute Gasteiger partial charge is 0.422 e. The normalized spacial score (nSPS) is 19.3. The average Bonchev–Trinajstić information content (AvgIpc) is 3.56. The van der Waals surface area contributed by atoms with Gasteiger partial charge in [-0.1, -0.05) is 142 Å². The van der Waals surface area contributed by atoms with Crippen LogP contribution in [0.15, 0.2) is 128 Å². The number of fused-ring (bicyclic) bond motifs is 7. The standard InChI is InChI=1S/C65H64N2O4/c1-61(2)23-27-66-29-25-63(5,6)53-55(66)51(61)35-43-33-45(59(68)70-57(43)53)39-15-11-37(12-16-39)41-19-21-49-47(31-41)48-32-42(20-22-50(48)65(49,9)10)38-13-17-40(18-14-38)46-34-44-36-52-56-54(58(44)71-60(46)69)64(7,8)26-30-67(56)28-24-62(52,3)4/h11-22,31-36H,23-30H2,1-10H3. The molecule has 0 N–H and O–H groups in total. The van der Waals surface area contributed by atoms with Gasteiger partial charge in [0.05, 0.1) is 11.1 Å². The summed E-state index contributed by atoms with van der Waals surface area (Å²) in [6, 6.07) is 39.3. The van der Waals surface area contributed by atoms with E-state index < -0.39 is 0 Å². The quantitative estimate of drug-likeness (QED) is 0.164. The lowest BCUT2D eigenvalue weighted by atomic mass is 9.69. The SMILES string of the molecule is CC1(C)CCN2CCC(C)(C)c3c2c1cc1cc(-c2ccc(-c4ccc5c(c4)-c4cc(-c6ccc(-c7cc8cc9c%10c(c8oc7=O)C(C)(C)CCN%10CCC9(C)C)cc6)ccc4C5(C)C)cc2)c(=O)oc31. The zero-order chi connectivity index (χ0) is 49.3. The summed E-state index contributed by atoms with van der Waals surface area (Å²) in [5.41, 5.74) is 20.7. The summed E-state index contributed by atoms with van der Waals surface area (Å²) in [6.07, 6.45) is 4.26. The molecular weight excluding hydrogens is 873 g/mol. The second kappa shape index (κ2) is 14.7. The fraction of sp³-hybridized carbons (Fsp3) is 0.354. The topological polar surface area (TPSA) is 66.9 Å². The molecular formula is C65H64N2O4. The molecule has 1 aliphatic carbocycles. The van der Waals surface area contributed by atoms with E-state index in [0.29, 0.717) is 11.1 Å². The van der Waals surface area contributed by atoms with Gasteiger partial charge in [-0.15, -0.1) is 0 Å². The first-order valence-corrected chi connectivity index (χ1v) is 26.0. The molecule has 71 heavy (non-hydrogen) atoms. The number of hydrogen-bond acceptors (Lipinski definition) is 6. The molecule has 5 aliphatic rings. The molecule has 0 saturated heterocycles. The molecule has 0 spiro atoms. The number of hydrogen-bond donors (Lipinski definition) is 0. The Balaban J connectivity index is 0.819. The summed E-state index contributed by atoms with van der Waals surface area (Å²) in [5.74, 6) is 0. The fourth-order valence-corrected chi connectivity index (χ4v) is 13.5. The second-order valence-corrected chi connectivity index (χ2v) is 24.8. The van der Waals surface area contributed by atoms with Gasteiger partial charge in [0.15, 0.2) is 0 Å². The molecule has 4 aliphatic heterocycles. The first-order valence-electron chi connectivity index (χ1n) is 26.0. The third kappa shape index (κ3) is 6.51. The van der Waals surface area contributed by atoms with Crippen molar-refractivity contribution in [3.05, 3.63) is 163 Å². The molecule has 13 rings (SSSR count). The maximum atomic E-state index is 13.9. The Bertz CT molecular complexity index is 3480. The minimum atomic E-state index is -0.294. The Hall–Kier alpha value is -6.66. The summed E-state index contributed by atoms with van der Waals surface area (Å²) in [6.45, 7) is 27.4. The van der Waals surface area contributed by atoms with Gasteiger partial charge in [0.1, 0.15) is 11.2 Å². The van der Waals surface area contributed by atoms with Gasteiger partial charge in [-0.2, -0.15) is 0 Å². The molecule has 6 heteroatoms. The van der Waals surface area contributed by atoms with Crippen LogP contribution in [-0.2, 0) is 27.1 Å². The highest BCUT2D eigenvalue weighted by molar-refractivity contribution is 5.95. The van der Waals surface area contributed by atoms with Crippen LogP contribution in [0.2, 0.25) is 0 Å². The van der Waals surface area contributed by atoms with Gasteiger partial charge >= 0.3 is 11.3 Å². The van der Waals surface area contributed by atoms with Crippen LogP contribution >= 0.6 is 0 Å². The van der Waals surface area contributed by atoms with E-state index >= 15 is 0 Å². The minimum Gasteiger partial charge on any atom is -0.422 e. The summed E-state index contributed by atoms with van der Waals surface area (Å²) < 4.78 is 12.7. The van der Waals surface area contributed by atoms with Crippen LogP contribution < -0.4 is 21.1 Å². The van der Waals surface area contributed by atoms with Crippen LogP contribution in [0.5, 0.6) is 0 Å². The molecule has 0 bridgehead atoms. The van der Waals surface area contributed by atoms with Gasteiger partial charge in [0.25, 0.3) is 0 Å². The van der Waals surface area contributed by atoms with Crippen LogP contribution in [-0.4, -0.2) is 26.2 Å². The van der Waals surface area contributed by atoms with Crippen molar-refractivity contribution in [2.45, 2.75) is 122 Å². The first-order chi connectivity index (χ1) is 33.7. The van der Waals surface area contributed by atoms with Crippen molar-refractivity contribution in [2.24, 2.45) is 0 Å². The average molecular weight is 937 g/mol. The van der Waals surface area contributed by atoms with Crippen molar-refractivity contribution in [3.63, 3.8) is 0 Å². The van der Waals surface area contributed by atoms with Crippen LogP contribution in [0.1, 0.15) is 128 Å². The Morgan fingerprint density at radius 2 is 0.704 bits per heavy atom. The molecule has 6 nitrogen and oxygen atoms in total. The van der Waals surface area contributed by atoms with E-state index in [1.165, 1.54) is 55.9 Å². The third-order valence-electron chi connectivity index (χ3n) is 18.2. The van der Waals surface area contributed by atoms with Gasteiger partial charge in [-0.3, -0.25) is 0 Å². The number of anilines is 2. The zero-order valence-electron chi connectivity index (χ0n) is 43.1. The number of benzene rings is 6.